The van der Waals surface area contributed by atoms with Crippen molar-refractivity contribution in [2.24, 2.45) is 0 Å². The van der Waals surface area contributed by atoms with Crippen LogP contribution in [-0.2, 0) is 14.3 Å². The highest BCUT2D eigenvalue weighted by atomic mass is 16.5. The average molecular weight is 285 g/mol. The fraction of sp³-hybridized carbons (Fsp3) is 0.125. The molecule has 0 atom stereocenters. The summed E-state index contributed by atoms with van der Waals surface area (Å²) in [7, 11) is 2.65. The molecule has 0 aliphatic heterocycles. The van der Waals surface area contributed by atoms with Crippen molar-refractivity contribution in [2.75, 3.05) is 14.2 Å². The summed E-state index contributed by atoms with van der Waals surface area (Å²) in [4.78, 5) is 24.1. The lowest BCUT2D eigenvalue weighted by molar-refractivity contribution is -0.134. The van der Waals surface area contributed by atoms with Crippen molar-refractivity contribution in [3.63, 3.8) is 0 Å². The van der Waals surface area contributed by atoms with E-state index in [0.717, 1.165) is 5.56 Å². The number of ether oxygens (including phenoxy) is 2. The lowest BCUT2D eigenvalue weighted by atomic mass is 10.1. The molecule has 0 bridgehead atoms. The monoisotopic (exact) mass is 285 g/mol. The highest BCUT2D eigenvalue weighted by Gasteiger charge is 2.18. The summed E-state index contributed by atoms with van der Waals surface area (Å²) in [6, 6.07) is 14.1. The molecule has 2 aromatic rings. The van der Waals surface area contributed by atoms with E-state index >= 15 is 0 Å². The number of carbonyl (C=O) groups is 1. The molecule has 2 rings (SSSR count). The zero-order valence-corrected chi connectivity index (χ0v) is 11.8. The van der Waals surface area contributed by atoms with E-state index in [0.29, 0.717) is 5.69 Å². The van der Waals surface area contributed by atoms with Crippen molar-refractivity contribution >= 4 is 11.7 Å². The number of pyridine rings is 1. The second-order valence-corrected chi connectivity index (χ2v) is 4.18. The van der Waals surface area contributed by atoms with E-state index in [2.05, 4.69) is 0 Å². The third-order valence-corrected chi connectivity index (χ3v) is 2.89. The normalized spacial score (nSPS) is 11.0. The van der Waals surface area contributed by atoms with Crippen molar-refractivity contribution in [1.82, 2.24) is 4.57 Å². The fourth-order valence-corrected chi connectivity index (χ4v) is 1.98. The predicted molar refractivity (Wildman–Crippen MR) is 79.4 cm³/mol. The lowest BCUT2D eigenvalue weighted by Gasteiger charge is -2.14. The molecule has 108 valence electrons. The number of benzene rings is 1. The van der Waals surface area contributed by atoms with Crippen LogP contribution in [0.25, 0.3) is 17.0 Å². The molecule has 0 spiro atoms. The van der Waals surface area contributed by atoms with Crippen LogP contribution in [0, 0.1) is 0 Å². The van der Waals surface area contributed by atoms with E-state index in [1.165, 1.54) is 31.1 Å². The van der Waals surface area contributed by atoms with Crippen LogP contribution in [0.1, 0.15) is 0 Å². The highest BCUT2D eigenvalue weighted by Crippen LogP contribution is 2.20. The molecule has 0 fully saturated rings. The Kier molecular flexibility index (Phi) is 4.56. The van der Waals surface area contributed by atoms with E-state index in [1.54, 1.807) is 12.1 Å². The first-order valence-electron chi connectivity index (χ1n) is 6.28. The van der Waals surface area contributed by atoms with Gasteiger partial charge in [0, 0.05) is 6.07 Å². The minimum Gasteiger partial charge on any atom is -0.502 e. The highest BCUT2D eigenvalue weighted by molar-refractivity contribution is 6.10. The smallest absolute Gasteiger partial charge is 0.358 e. The predicted octanol–water partition coefficient (Wildman–Crippen LogP) is 2.13. The van der Waals surface area contributed by atoms with E-state index in [4.69, 9.17) is 9.47 Å². The van der Waals surface area contributed by atoms with Crippen LogP contribution in [0.5, 0.6) is 0 Å². The fourth-order valence-electron chi connectivity index (χ4n) is 1.98. The van der Waals surface area contributed by atoms with Crippen LogP contribution in [-0.4, -0.2) is 24.8 Å². The van der Waals surface area contributed by atoms with Gasteiger partial charge in [0.25, 0.3) is 5.56 Å². The summed E-state index contributed by atoms with van der Waals surface area (Å²) in [5, 5.41) is 0. The van der Waals surface area contributed by atoms with E-state index in [9.17, 15) is 9.59 Å². The van der Waals surface area contributed by atoms with Gasteiger partial charge in [0.15, 0.2) is 5.70 Å². The minimum absolute atomic E-state index is 0.0180. The quantitative estimate of drug-likeness (QED) is 0.490. The average Bonchev–Trinajstić information content (AvgIpc) is 2.53. The van der Waals surface area contributed by atoms with E-state index in [1.807, 2.05) is 30.3 Å². The van der Waals surface area contributed by atoms with Gasteiger partial charge >= 0.3 is 5.97 Å². The van der Waals surface area contributed by atoms with Crippen LogP contribution in [0.3, 0.4) is 0 Å². The Hall–Kier alpha value is -2.82. The van der Waals surface area contributed by atoms with Gasteiger partial charge in [0.1, 0.15) is 6.26 Å². The maximum atomic E-state index is 12.2. The van der Waals surface area contributed by atoms with E-state index < -0.39 is 5.97 Å². The number of aromatic nitrogens is 1. The maximum absolute atomic E-state index is 12.2. The first-order chi connectivity index (χ1) is 10.2. The minimum atomic E-state index is -0.651. The summed E-state index contributed by atoms with van der Waals surface area (Å²) in [5.74, 6) is -0.651. The molecule has 5 nitrogen and oxygen atoms in total. The number of carbonyl (C=O) groups excluding carboxylic acids is 1. The van der Waals surface area contributed by atoms with E-state index in [-0.39, 0.29) is 11.3 Å². The Balaban J connectivity index is 2.71. The molecular weight excluding hydrogens is 270 g/mol. The number of nitrogens with zero attached hydrogens (tertiary/aromatic N) is 1. The summed E-state index contributed by atoms with van der Waals surface area (Å²) in [5.41, 5.74) is 1.06. The van der Waals surface area contributed by atoms with Crippen LogP contribution < -0.4 is 5.56 Å². The second kappa shape index (κ2) is 6.56. The van der Waals surface area contributed by atoms with Gasteiger partial charge in [-0.2, -0.15) is 0 Å². The maximum Gasteiger partial charge on any atom is 0.358 e. The van der Waals surface area contributed by atoms with Gasteiger partial charge in [0.2, 0.25) is 0 Å². The van der Waals surface area contributed by atoms with Gasteiger partial charge in [-0.1, -0.05) is 36.4 Å². The van der Waals surface area contributed by atoms with Gasteiger partial charge in [-0.3, -0.25) is 9.36 Å². The van der Waals surface area contributed by atoms with Gasteiger partial charge in [-0.05, 0) is 11.6 Å². The summed E-state index contributed by atoms with van der Waals surface area (Å²) < 4.78 is 10.9. The first-order valence-corrected chi connectivity index (χ1v) is 6.28. The number of methoxy groups -OCH3 is 2. The molecule has 1 aromatic heterocycles. The molecule has 5 heteroatoms. The van der Waals surface area contributed by atoms with Gasteiger partial charge < -0.3 is 9.47 Å². The van der Waals surface area contributed by atoms with Crippen molar-refractivity contribution < 1.29 is 14.3 Å². The zero-order valence-electron chi connectivity index (χ0n) is 11.8. The van der Waals surface area contributed by atoms with Crippen LogP contribution in [0.15, 0.2) is 59.6 Å². The van der Waals surface area contributed by atoms with Crippen molar-refractivity contribution in [3.05, 3.63) is 65.1 Å². The first kappa shape index (κ1) is 14.6. The van der Waals surface area contributed by atoms with Crippen molar-refractivity contribution in [1.29, 1.82) is 0 Å². The standard InChI is InChI=1S/C16H15NO4/c1-20-11-14(16(19)21-2)17-13(9-6-10-15(17)18)12-7-4-3-5-8-12/h3-11H,1-2H3. The molecule has 0 unspecified atom stereocenters. The number of hydrogen-bond acceptors (Lipinski definition) is 4. The Bertz CT molecular complexity index is 717. The SMILES string of the molecule is COC=C(C(=O)OC)n1c(-c2ccccc2)cccc1=O. The molecule has 21 heavy (non-hydrogen) atoms. The molecular formula is C16H15NO4. The third-order valence-electron chi connectivity index (χ3n) is 2.89. The summed E-state index contributed by atoms with van der Waals surface area (Å²) in [6.07, 6.45) is 1.19. The van der Waals surface area contributed by atoms with Crippen LogP contribution >= 0.6 is 0 Å². The molecule has 0 N–H and O–H groups in total. The van der Waals surface area contributed by atoms with Crippen LogP contribution in [0.2, 0.25) is 0 Å². The van der Waals surface area contributed by atoms with Gasteiger partial charge in [0.05, 0.1) is 19.9 Å². The number of esters is 1. The topological polar surface area (TPSA) is 57.5 Å². The Morgan fingerprint density at radius 1 is 1.05 bits per heavy atom. The number of rotatable bonds is 4. The Morgan fingerprint density at radius 2 is 1.76 bits per heavy atom. The Labute approximate surface area is 122 Å². The van der Waals surface area contributed by atoms with Crippen LogP contribution in [0.4, 0.5) is 0 Å². The summed E-state index contributed by atoms with van der Waals surface area (Å²) in [6.45, 7) is 0. The van der Waals surface area contributed by atoms with Gasteiger partial charge in [-0.25, -0.2) is 4.79 Å². The second-order valence-electron chi connectivity index (χ2n) is 4.18. The molecule has 0 amide bonds. The Morgan fingerprint density at radius 3 is 2.38 bits per heavy atom. The zero-order chi connectivity index (χ0) is 15.2. The molecule has 0 saturated carbocycles. The largest absolute Gasteiger partial charge is 0.502 e. The van der Waals surface area contributed by atoms with Gasteiger partial charge in [-0.15, -0.1) is 0 Å². The molecule has 0 aliphatic rings. The molecule has 1 aromatic carbocycles. The molecule has 1 heterocycles. The molecule has 0 radical (unpaired) electrons. The number of hydrogen-bond donors (Lipinski definition) is 0. The van der Waals surface area contributed by atoms with Crippen molar-refractivity contribution in [3.8, 4) is 11.3 Å². The molecule has 0 saturated heterocycles. The third kappa shape index (κ3) is 3.02. The van der Waals surface area contributed by atoms with Crippen molar-refractivity contribution in [2.45, 2.75) is 0 Å². The summed E-state index contributed by atoms with van der Waals surface area (Å²) >= 11 is 0. The molecule has 0 aliphatic carbocycles. The lowest BCUT2D eigenvalue weighted by Crippen LogP contribution is -2.24.